The number of benzene rings is 3. The van der Waals surface area contributed by atoms with E-state index < -0.39 is 0 Å². The molecule has 0 aromatic heterocycles. The summed E-state index contributed by atoms with van der Waals surface area (Å²) in [4.78, 5) is 19.3. The van der Waals surface area contributed by atoms with Gasteiger partial charge in [-0.3, -0.25) is 9.69 Å². The Morgan fingerprint density at radius 2 is 1.75 bits per heavy atom. The Balaban J connectivity index is 1.84. The normalized spacial score (nSPS) is 15.2. The van der Waals surface area contributed by atoms with Crippen molar-refractivity contribution in [2.75, 3.05) is 4.90 Å². The monoisotopic (exact) mass is 434 g/mol. The molecule has 28 heavy (non-hydrogen) atoms. The minimum absolute atomic E-state index is 0.247. The lowest BCUT2D eigenvalue weighted by molar-refractivity contribution is -0.113. The van der Waals surface area contributed by atoms with Crippen LogP contribution in [0, 0.1) is 12.7 Å². The van der Waals surface area contributed by atoms with Crippen LogP contribution in [-0.2, 0) is 4.79 Å². The van der Waals surface area contributed by atoms with E-state index in [2.05, 4.69) is 20.9 Å². The van der Waals surface area contributed by atoms with E-state index in [0.717, 1.165) is 21.2 Å². The molecule has 138 valence electrons. The van der Waals surface area contributed by atoms with E-state index in [1.54, 1.807) is 18.2 Å². The van der Waals surface area contributed by atoms with Gasteiger partial charge >= 0.3 is 0 Å². The summed E-state index contributed by atoms with van der Waals surface area (Å²) in [6, 6.07) is 21.3. The Labute approximate surface area is 171 Å². The van der Waals surface area contributed by atoms with Crippen molar-refractivity contribution in [3.05, 3.63) is 105 Å². The molecule has 3 nitrogen and oxygen atoms in total. The molecule has 1 heterocycles. The number of hydrogen-bond acceptors (Lipinski definition) is 2. The molecule has 1 aliphatic heterocycles. The molecule has 5 heteroatoms. The lowest BCUT2D eigenvalue weighted by Gasteiger charge is -2.18. The highest BCUT2D eigenvalue weighted by Gasteiger charge is 2.32. The molecule has 1 amide bonds. The second-order valence-corrected chi connectivity index (χ2v) is 7.42. The maximum Gasteiger partial charge on any atom is 0.282 e. The van der Waals surface area contributed by atoms with Crippen molar-refractivity contribution in [3.8, 4) is 0 Å². The molecule has 0 saturated heterocycles. The molecular weight excluding hydrogens is 419 g/mol. The fourth-order valence-corrected chi connectivity index (χ4v) is 3.50. The number of hydrogen-bond donors (Lipinski definition) is 0. The number of halogens is 2. The second kappa shape index (κ2) is 7.52. The van der Waals surface area contributed by atoms with Crippen LogP contribution in [0.15, 0.2) is 88.0 Å². The summed E-state index contributed by atoms with van der Waals surface area (Å²) < 4.78 is 14.3. The number of carbonyl (C=O) groups is 1. The van der Waals surface area contributed by atoms with Gasteiger partial charge in [-0.05, 0) is 61.0 Å². The van der Waals surface area contributed by atoms with Gasteiger partial charge in [-0.2, -0.15) is 0 Å². The van der Waals surface area contributed by atoms with Crippen LogP contribution in [0.5, 0.6) is 0 Å². The number of rotatable bonds is 3. The van der Waals surface area contributed by atoms with Gasteiger partial charge in [-0.1, -0.05) is 51.8 Å². The molecule has 3 aromatic carbocycles. The molecule has 1 aliphatic rings. The van der Waals surface area contributed by atoms with Crippen molar-refractivity contribution in [1.82, 2.24) is 0 Å². The zero-order valence-corrected chi connectivity index (χ0v) is 16.7. The quantitative estimate of drug-likeness (QED) is 0.484. The third-order valence-corrected chi connectivity index (χ3v) is 4.87. The standard InChI is InChI=1S/C23H16BrFN2O/c1-15-4-2-6-17(12-15)22-26-21(14-16-5-3-7-18(24)13-16)23(28)27(22)20-10-8-19(25)9-11-20/h2-14H,1H3/b21-14+. The first-order chi connectivity index (χ1) is 13.5. The SMILES string of the molecule is Cc1cccc(C2=N/C(=C/c3cccc(Br)c3)C(=O)N2c2ccc(F)cc2)c1. The molecule has 0 bridgehead atoms. The molecule has 0 saturated carbocycles. The predicted molar refractivity (Wildman–Crippen MR) is 114 cm³/mol. The van der Waals surface area contributed by atoms with Gasteiger partial charge in [-0.25, -0.2) is 9.38 Å². The van der Waals surface area contributed by atoms with E-state index in [-0.39, 0.29) is 11.7 Å². The van der Waals surface area contributed by atoms with Gasteiger partial charge in [0.25, 0.3) is 5.91 Å². The lowest BCUT2D eigenvalue weighted by Crippen LogP contribution is -2.32. The minimum atomic E-state index is -0.352. The molecule has 0 spiro atoms. The van der Waals surface area contributed by atoms with Crippen LogP contribution in [0.2, 0.25) is 0 Å². The number of aryl methyl sites for hydroxylation is 1. The highest BCUT2D eigenvalue weighted by Crippen LogP contribution is 2.28. The predicted octanol–water partition coefficient (Wildman–Crippen LogP) is 5.73. The first-order valence-electron chi connectivity index (χ1n) is 8.74. The van der Waals surface area contributed by atoms with Crippen molar-refractivity contribution >= 4 is 39.4 Å². The van der Waals surface area contributed by atoms with E-state index >= 15 is 0 Å². The summed E-state index contributed by atoms with van der Waals surface area (Å²) >= 11 is 3.44. The van der Waals surface area contributed by atoms with Gasteiger partial charge < -0.3 is 0 Å². The maximum atomic E-state index is 13.4. The first kappa shape index (κ1) is 18.3. The molecule has 3 aromatic rings. The number of anilines is 1. The molecule has 0 unspecified atom stereocenters. The first-order valence-corrected chi connectivity index (χ1v) is 9.53. The molecule has 0 radical (unpaired) electrons. The van der Waals surface area contributed by atoms with Crippen molar-refractivity contribution in [3.63, 3.8) is 0 Å². The molecule has 0 N–H and O–H groups in total. The van der Waals surface area contributed by atoms with E-state index in [1.165, 1.54) is 17.0 Å². The molecule has 0 aliphatic carbocycles. The van der Waals surface area contributed by atoms with Crippen molar-refractivity contribution in [2.24, 2.45) is 4.99 Å². The van der Waals surface area contributed by atoms with E-state index in [9.17, 15) is 9.18 Å². The molecule has 4 rings (SSSR count). The summed E-state index contributed by atoms with van der Waals surface area (Å²) in [5.74, 6) is -0.0704. The van der Waals surface area contributed by atoms with Crippen LogP contribution in [0.3, 0.4) is 0 Å². The second-order valence-electron chi connectivity index (χ2n) is 6.51. The number of nitrogens with zero attached hydrogens (tertiary/aromatic N) is 2. The lowest BCUT2D eigenvalue weighted by atomic mass is 10.1. The maximum absolute atomic E-state index is 13.4. The number of amidine groups is 1. The fourth-order valence-electron chi connectivity index (χ4n) is 3.08. The number of carbonyl (C=O) groups excluding carboxylic acids is 1. The Bertz CT molecular complexity index is 1120. The molecule has 0 atom stereocenters. The Hall–Kier alpha value is -3.05. The minimum Gasteiger partial charge on any atom is -0.266 e. The summed E-state index contributed by atoms with van der Waals surface area (Å²) in [6.45, 7) is 1.99. The fraction of sp³-hybridized carbons (Fsp3) is 0.0435. The summed E-state index contributed by atoms with van der Waals surface area (Å²) in [7, 11) is 0. The van der Waals surface area contributed by atoms with Crippen LogP contribution in [0.4, 0.5) is 10.1 Å². The average molecular weight is 435 g/mol. The van der Waals surface area contributed by atoms with Crippen LogP contribution in [0.25, 0.3) is 6.08 Å². The van der Waals surface area contributed by atoms with E-state index in [0.29, 0.717) is 17.2 Å². The number of aliphatic imine (C=N–C) groups is 1. The number of amides is 1. The Morgan fingerprint density at radius 3 is 2.46 bits per heavy atom. The highest BCUT2D eigenvalue weighted by atomic mass is 79.9. The van der Waals surface area contributed by atoms with Crippen molar-refractivity contribution in [1.29, 1.82) is 0 Å². The zero-order valence-electron chi connectivity index (χ0n) is 15.1. The smallest absolute Gasteiger partial charge is 0.266 e. The van der Waals surface area contributed by atoms with Gasteiger partial charge in [0.05, 0.1) is 5.69 Å². The van der Waals surface area contributed by atoms with Gasteiger partial charge in [-0.15, -0.1) is 0 Å². The van der Waals surface area contributed by atoms with Crippen LogP contribution in [-0.4, -0.2) is 11.7 Å². The Kier molecular flexibility index (Phi) is 4.92. The average Bonchev–Trinajstić information content (AvgIpc) is 2.99. The van der Waals surface area contributed by atoms with Gasteiger partial charge in [0.15, 0.2) is 0 Å². The summed E-state index contributed by atoms with van der Waals surface area (Å²) in [5.41, 5.74) is 3.67. The molecular formula is C23H16BrFN2O. The van der Waals surface area contributed by atoms with Crippen LogP contribution < -0.4 is 4.90 Å². The highest BCUT2D eigenvalue weighted by molar-refractivity contribution is 9.10. The van der Waals surface area contributed by atoms with E-state index in [1.807, 2.05) is 55.5 Å². The van der Waals surface area contributed by atoms with Crippen LogP contribution in [0.1, 0.15) is 16.7 Å². The summed E-state index contributed by atoms with van der Waals surface area (Å²) in [6.07, 6.45) is 1.76. The third kappa shape index (κ3) is 3.66. The Morgan fingerprint density at radius 1 is 1.00 bits per heavy atom. The van der Waals surface area contributed by atoms with Gasteiger partial charge in [0.2, 0.25) is 0 Å². The van der Waals surface area contributed by atoms with Gasteiger partial charge in [0, 0.05) is 10.0 Å². The van der Waals surface area contributed by atoms with Gasteiger partial charge in [0.1, 0.15) is 17.3 Å². The zero-order chi connectivity index (χ0) is 19.7. The van der Waals surface area contributed by atoms with E-state index in [4.69, 9.17) is 0 Å². The van der Waals surface area contributed by atoms with Crippen molar-refractivity contribution < 1.29 is 9.18 Å². The summed E-state index contributed by atoms with van der Waals surface area (Å²) in [5, 5.41) is 0. The van der Waals surface area contributed by atoms with Crippen LogP contribution >= 0.6 is 15.9 Å². The topological polar surface area (TPSA) is 32.7 Å². The molecule has 0 fully saturated rings. The third-order valence-electron chi connectivity index (χ3n) is 4.37. The largest absolute Gasteiger partial charge is 0.282 e. The van der Waals surface area contributed by atoms with Crippen molar-refractivity contribution in [2.45, 2.75) is 6.92 Å².